The Balaban J connectivity index is 2.09. The predicted octanol–water partition coefficient (Wildman–Crippen LogP) is 2.17. The van der Waals surface area contributed by atoms with Gasteiger partial charge in [-0.2, -0.15) is 0 Å². The molecule has 1 unspecified atom stereocenters. The lowest BCUT2D eigenvalue weighted by Gasteiger charge is -2.12. The zero-order chi connectivity index (χ0) is 9.97. The highest BCUT2D eigenvalue weighted by Crippen LogP contribution is 2.32. The Morgan fingerprint density at radius 2 is 2.29 bits per heavy atom. The third-order valence-corrected chi connectivity index (χ3v) is 2.78. The Morgan fingerprint density at radius 3 is 2.93 bits per heavy atom. The summed E-state index contributed by atoms with van der Waals surface area (Å²) in [7, 11) is 0. The molecule has 0 radical (unpaired) electrons. The second-order valence-corrected chi connectivity index (χ2v) is 3.97. The maximum absolute atomic E-state index is 5.83. The van der Waals surface area contributed by atoms with Crippen LogP contribution in [0.2, 0.25) is 0 Å². The molecule has 0 spiro atoms. The molecule has 1 aliphatic heterocycles. The second-order valence-electron chi connectivity index (χ2n) is 3.97. The quantitative estimate of drug-likeness (QED) is 0.777. The lowest BCUT2D eigenvalue weighted by molar-refractivity contribution is 0.0498. The summed E-state index contributed by atoms with van der Waals surface area (Å²) in [5, 5.41) is 0. The van der Waals surface area contributed by atoms with E-state index in [9.17, 15) is 0 Å². The standard InChI is InChI=1S/C12H17NO/c1-9-3-2-4-10(7-9)12-6-5-11(8-13)14-12/h2-4,7,11-12H,5-6,8,13H2,1H3/t11-,12?/m1/s1. The number of benzene rings is 1. The lowest BCUT2D eigenvalue weighted by atomic mass is 10.0. The number of rotatable bonds is 2. The molecule has 14 heavy (non-hydrogen) atoms. The first kappa shape index (κ1) is 9.69. The average Bonchev–Trinajstić information content (AvgIpc) is 2.66. The highest BCUT2D eigenvalue weighted by molar-refractivity contribution is 5.24. The number of ether oxygens (including phenoxy) is 1. The van der Waals surface area contributed by atoms with Crippen LogP contribution < -0.4 is 5.73 Å². The van der Waals surface area contributed by atoms with Crippen molar-refractivity contribution in [3.05, 3.63) is 35.4 Å². The molecule has 2 rings (SSSR count). The van der Waals surface area contributed by atoms with Crippen LogP contribution in [0, 0.1) is 6.92 Å². The van der Waals surface area contributed by atoms with E-state index in [1.54, 1.807) is 0 Å². The summed E-state index contributed by atoms with van der Waals surface area (Å²) in [6.45, 7) is 2.75. The zero-order valence-electron chi connectivity index (χ0n) is 8.57. The van der Waals surface area contributed by atoms with E-state index < -0.39 is 0 Å². The summed E-state index contributed by atoms with van der Waals surface area (Å²) in [5.74, 6) is 0. The Labute approximate surface area is 85.1 Å². The molecule has 0 saturated carbocycles. The molecular weight excluding hydrogens is 174 g/mol. The van der Waals surface area contributed by atoms with Gasteiger partial charge in [-0.25, -0.2) is 0 Å². The van der Waals surface area contributed by atoms with E-state index in [1.807, 2.05) is 0 Å². The van der Waals surface area contributed by atoms with Crippen LogP contribution in [-0.4, -0.2) is 12.6 Å². The predicted molar refractivity (Wildman–Crippen MR) is 57.1 cm³/mol. The second kappa shape index (κ2) is 4.11. The summed E-state index contributed by atoms with van der Waals surface area (Å²) >= 11 is 0. The van der Waals surface area contributed by atoms with Crippen molar-refractivity contribution in [3.63, 3.8) is 0 Å². The summed E-state index contributed by atoms with van der Waals surface area (Å²) in [4.78, 5) is 0. The minimum absolute atomic E-state index is 0.264. The van der Waals surface area contributed by atoms with E-state index in [0.717, 1.165) is 12.8 Å². The van der Waals surface area contributed by atoms with Gasteiger partial charge in [0.05, 0.1) is 12.2 Å². The smallest absolute Gasteiger partial charge is 0.0830 e. The fourth-order valence-electron chi connectivity index (χ4n) is 1.99. The van der Waals surface area contributed by atoms with Gasteiger partial charge in [0.1, 0.15) is 0 Å². The number of hydrogen-bond acceptors (Lipinski definition) is 2. The molecule has 2 heteroatoms. The van der Waals surface area contributed by atoms with E-state index >= 15 is 0 Å². The Hall–Kier alpha value is -0.860. The van der Waals surface area contributed by atoms with Crippen molar-refractivity contribution in [2.24, 2.45) is 5.73 Å². The van der Waals surface area contributed by atoms with Gasteiger partial charge in [0, 0.05) is 6.54 Å². The van der Waals surface area contributed by atoms with Gasteiger partial charge >= 0.3 is 0 Å². The van der Waals surface area contributed by atoms with Gasteiger partial charge in [-0.15, -0.1) is 0 Å². The van der Waals surface area contributed by atoms with Crippen LogP contribution in [-0.2, 0) is 4.74 Å². The molecule has 1 aliphatic rings. The van der Waals surface area contributed by atoms with Crippen molar-refractivity contribution in [2.45, 2.75) is 32.0 Å². The normalized spacial score (nSPS) is 26.7. The Bertz CT molecular complexity index is 311. The average molecular weight is 191 g/mol. The van der Waals surface area contributed by atoms with Gasteiger partial charge in [0.15, 0.2) is 0 Å². The van der Waals surface area contributed by atoms with Crippen molar-refractivity contribution in [3.8, 4) is 0 Å². The number of hydrogen-bond donors (Lipinski definition) is 1. The van der Waals surface area contributed by atoms with Crippen LogP contribution >= 0.6 is 0 Å². The van der Waals surface area contributed by atoms with E-state index in [4.69, 9.17) is 10.5 Å². The molecule has 0 bridgehead atoms. The summed E-state index contributed by atoms with van der Waals surface area (Å²) in [5.41, 5.74) is 8.17. The third-order valence-electron chi connectivity index (χ3n) is 2.78. The minimum Gasteiger partial charge on any atom is -0.369 e. The Kier molecular flexibility index (Phi) is 2.85. The molecule has 0 aromatic heterocycles. The van der Waals surface area contributed by atoms with Gasteiger partial charge < -0.3 is 10.5 Å². The van der Waals surface area contributed by atoms with E-state index in [2.05, 4.69) is 31.2 Å². The van der Waals surface area contributed by atoms with Crippen LogP contribution in [0.25, 0.3) is 0 Å². The highest BCUT2D eigenvalue weighted by Gasteiger charge is 2.25. The molecule has 1 aromatic rings. The molecule has 0 amide bonds. The zero-order valence-corrected chi connectivity index (χ0v) is 8.57. The maximum atomic E-state index is 5.83. The molecule has 2 N–H and O–H groups in total. The lowest BCUT2D eigenvalue weighted by Crippen LogP contribution is -2.18. The first-order valence-electron chi connectivity index (χ1n) is 5.21. The van der Waals surface area contributed by atoms with Crippen molar-refractivity contribution >= 4 is 0 Å². The summed E-state index contributed by atoms with van der Waals surface area (Å²) in [6, 6.07) is 8.53. The fraction of sp³-hybridized carbons (Fsp3) is 0.500. The van der Waals surface area contributed by atoms with Crippen molar-refractivity contribution in [1.29, 1.82) is 0 Å². The number of nitrogens with two attached hydrogens (primary N) is 1. The van der Waals surface area contributed by atoms with Gasteiger partial charge in [0.2, 0.25) is 0 Å². The van der Waals surface area contributed by atoms with Crippen LogP contribution in [0.1, 0.15) is 30.1 Å². The summed E-state index contributed by atoms with van der Waals surface area (Å²) < 4.78 is 5.83. The molecular formula is C12H17NO. The fourth-order valence-corrected chi connectivity index (χ4v) is 1.99. The van der Waals surface area contributed by atoms with Gasteiger partial charge in [-0.3, -0.25) is 0 Å². The molecule has 0 aliphatic carbocycles. The van der Waals surface area contributed by atoms with Crippen LogP contribution in [0.15, 0.2) is 24.3 Å². The van der Waals surface area contributed by atoms with Crippen LogP contribution in [0.3, 0.4) is 0 Å². The van der Waals surface area contributed by atoms with Gasteiger partial charge in [-0.05, 0) is 25.3 Å². The largest absolute Gasteiger partial charge is 0.369 e. The molecule has 1 saturated heterocycles. The van der Waals surface area contributed by atoms with Gasteiger partial charge in [0.25, 0.3) is 0 Å². The molecule has 2 nitrogen and oxygen atoms in total. The third kappa shape index (κ3) is 1.97. The van der Waals surface area contributed by atoms with Crippen molar-refractivity contribution in [2.75, 3.05) is 6.54 Å². The minimum atomic E-state index is 0.264. The van der Waals surface area contributed by atoms with E-state index in [-0.39, 0.29) is 12.2 Å². The maximum Gasteiger partial charge on any atom is 0.0830 e. The van der Waals surface area contributed by atoms with E-state index in [1.165, 1.54) is 11.1 Å². The topological polar surface area (TPSA) is 35.2 Å². The van der Waals surface area contributed by atoms with E-state index in [0.29, 0.717) is 6.54 Å². The number of aryl methyl sites for hydroxylation is 1. The van der Waals surface area contributed by atoms with Crippen LogP contribution in [0.4, 0.5) is 0 Å². The SMILES string of the molecule is Cc1cccc(C2CC[C@H](CN)O2)c1. The summed E-state index contributed by atoms with van der Waals surface area (Å²) in [6.07, 6.45) is 2.73. The van der Waals surface area contributed by atoms with Gasteiger partial charge in [-0.1, -0.05) is 29.8 Å². The Morgan fingerprint density at radius 1 is 1.43 bits per heavy atom. The van der Waals surface area contributed by atoms with Crippen LogP contribution in [0.5, 0.6) is 0 Å². The molecule has 2 atom stereocenters. The highest BCUT2D eigenvalue weighted by atomic mass is 16.5. The molecule has 1 aromatic carbocycles. The molecule has 76 valence electrons. The molecule has 1 fully saturated rings. The first-order valence-corrected chi connectivity index (χ1v) is 5.21. The monoisotopic (exact) mass is 191 g/mol. The van der Waals surface area contributed by atoms with Crippen molar-refractivity contribution in [1.82, 2.24) is 0 Å². The van der Waals surface area contributed by atoms with Crippen molar-refractivity contribution < 1.29 is 4.74 Å². The molecule has 1 heterocycles. The first-order chi connectivity index (χ1) is 6.79.